The third kappa shape index (κ3) is 5.52. The molecule has 6 nitrogen and oxygen atoms in total. The van der Waals surface area contributed by atoms with E-state index in [2.05, 4.69) is 12.2 Å². The smallest absolute Gasteiger partial charge is 0.266 e. The number of carbonyl (C=O) groups excluding carboxylic acids is 1. The van der Waals surface area contributed by atoms with E-state index in [1.54, 1.807) is 49.6 Å². The van der Waals surface area contributed by atoms with Crippen LogP contribution in [0.3, 0.4) is 0 Å². The SMILES string of the molecule is CCCCOc1ccc(/C=C(\C#N)C(=O)Nc2ccccc2OC)cc1OC. The molecule has 0 radical (unpaired) electrons. The highest BCUT2D eigenvalue weighted by Crippen LogP contribution is 2.29. The van der Waals surface area contributed by atoms with Gasteiger partial charge >= 0.3 is 0 Å². The monoisotopic (exact) mass is 380 g/mol. The number of benzene rings is 2. The third-order valence-electron chi connectivity index (χ3n) is 3.97. The number of rotatable bonds is 9. The summed E-state index contributed by atoms with van der Waals surface area (Å²) in [7, 11) is 3.07. The van der Waals surface area contributed by atoms with E-state index in [0.29, 0.717) is 35.1 Å². The van der Waals surface area contributed by atoms with Crippen molar-refractivity contribution in [2.24, 2.45) is 0 Å². The largest absolute Gasteiger partial charge is 0.495 e. The highest BCUT2D eigenvalue weighted by Gasteiger charge is 2.13. The average molecular weight is 380 g/mol. The highest BCUT2D eigenvalue weighted by molar-refractivity contribution is 6.10. The molecule has 0 spiro atoms. The van der Waals surface area contributed by atoms with Crippen LogP contribution in [-0.4, -0.2) is 26.7 Å². The number of hydrogen-bond donors (Lipinski definition) is 1. The van der Waals surface area contributed by atoms with Crippen LogP contribution in [0.5, 0.6) is 17.2 Å². The Bertz CT molecular complexity index is 884. The van der Waals surface area contributed by atoms with Crippen LogP contribution in [0.1, 0.15) is 25.3 Å². The van der Waals surface area contributed by atoms with E-state index in [9.17, 15) is 10.1 Å². The summed E-state index contributed by atoms with van der Waals surface area (Å²) in [5.41, 5.74) is 1.12. The van der Waals surface area contributed by atoms with Crippen molar-refractivity contribution < 1.29 is 19.0 Å². The molecule has 0 aliphatic carbocycles. The Morgan fingerprint density at radius 3 is 2.54 bits per heavy atom. The maximum absolute atomic E-state index is 12.5. The number of nitriles is 1. The molecule has 0 fully saturated rings. The molecule has 146 valence electrons. The fraction of sp³-hybridized carbons (Fsp3) is 0.273. The molecule has 2 aromatic carbocycles. The van der Waals surface area contributed by atoms with Crippen molar-refractivity contribution in [2.75, 3.05) is 26.1 Å². The van der Waals surface area contributed by atoms with Gasteiger partial charge in [0.25, 0.3) is 5.91 Å². The van der Waals surface area contributed by atoms with Gasteiger partial charge in [0.15, 0.2) is 11.5 Å². The lowest BCUT2D eigenvalue weighted by Gasteiger charge is -2.11. The molecular weight excluding hydrogens is 356 g/mol. The number of methoxy groups -OCH3 is 2. The summed E-state index contributed by atoms with van der Waals surface area (Å²) in [6.07, 6.45) is 3.49. The number of unbranched alkanes of at least 4 members (excludes halogenated alkanes) is 1. The van der Waals surface area contributed by atoms with Crippen LogP contribution in [0.2, 0.25) is 0 Å². The van der Waals surface area contributed by atoms with Gasteiger partial charge in [0.2, 0.25) is 0 Å². The predicted octanol–water partition coefficient (Wildman–Crippen LogP) is 4.43. The minimum absolute atomic E-state index is 0.0346. The lowest BCUT2D eigenvalue weighted by molar-refractivity contribution is -0.112. The quantitative estimate of drug-likeness (QED) is 0.395. The van der Waals surface area contributed by atoms with Gasteiger partial charge in [-0.2, -0.15) is 5.26 Å². The molecule has 0 saturated carbocycles. The molecule has 1 N–H and O–H groups in total. The first kappa shape index (κ1) is 20.8. The van der Waals surface area contributed by atoms with Gasteiger partial charge in [0.05, 0.1) is 26.5 Å². The molecule has 2 aromatic rings. The zero-order chi connectivity index (χ0) is 20.4. The van der Waals surface area contributed by atoms with Crippen molar-refractivity contribution in [3.63, 3.8) is 0 Å². The number of hydrogen-bond acceptors (Lipinski definition) is 5. The number of nitrogens with one attached hydrogen (secondary N) is 1. The second kappa shape index (κ2) is 10.6. The first-order chi connectivity index (χ1) is 13.6. The van der Waals surface area contributed by atoms with Gasteiger partial charge < -0.3 is 19.5 Å². The molecule has 0 bridgehead atoms. The first-order valence-corrected chi connectivity index (χ1v) is 9.00. The number of nitrogens with zero attached hydrogens (tertiary/aromatic N) is 1. The second-order valence-corrected chi connectivity index (χ2v) is 5.94. The summed E-state index contributed by atoms with van der Waals surface area (Å²) in [5, 5.41) is 12.1. The Morgan fingerprint density at radius 1 is 1.11 bits per heavy atom. The van der Waals surface area contributed by atoms with Crippen molar-refractivity contribution in [2.45, 2.75) is 19.8 Å². The Hall–Kier alpha value is -3.46. The number of carbonyl (C=O) groups is 1. The summed E-state index contributed by atoms with van der Waals surface area (Å²) >= 11 is 0. The van der Waals surface area contributed by atoms with Crippen LogP contribution < -0.4 is 19.5 Å². The molecule has 0 aliphatic rings. The van der Waals surface area contributed by atoms with Crippen molar-refractivity contribution in [1.29, 1.82) is 5.26 Å². The van der Waals surface area contributed by atoms with Crippen LogP contribution in [0.25, 0.3) is 6.08 Å². The van der Waals surface area contributed by atoms with E-state index in [1.807, 2.05) is 6.07 Å². The fourth-order valence-corrected chi connectivity index (χ4v) is 2.47. The predicted molar refractivity (Wildman–Crippen MR) is 109 cm³/mol. The summed E-state index contributed by atoms with van der Waals surface area (Å²) in [6.45, 7) is 2.70. The lowest BCUT2D eigenvalue weighted by Crippen LogP contribution is -2.14. The van der Waals surface area contributed by atoms with Gasteiger partial charge in [-0.15, -0.1) is 0 Å². The van der Waals surface area contributed by atoms with Crippen LogP contribution in [0, 0.1) is 11.3 Å². The zero-order valence-corrected chi connectivity index (χ0v) is 16.3. The zero-order valence-electron chi connectivity index (χ0n) is 16.3. The summed E-state index contributed by atoms with van der Waals surface area (Å²) < 4.78 is 16.3. The lowest BCUT2D eigenvalue weighted by atomic mass is 10.1. The van der Waals surface area contributed by atoms with E-state index >= 15 is 0 Å². The molecule has 0 atom stereocenters. The second-order valence-electron chi connectivity index (χ2n) is 5.94. The van der Waals surface area contributed by atoms with Crippen LogP contribution >= 0.6 is 0 Å². The molecule has 28 heavy (non-hydrogen) atoms. The number of anilines is 1. The van der Waals surface area contributed by atoms with E-state index in [-0.39, 0.29) is 5.57 Å². The van der Waals surface area contributed by atoms with E-state index in [0.717, 1.165) is 12.8 Å². The topological polar surface area (TPSA) is 80.6 Å². The molecular formula is C22H24N2O4. The minimum Gasteiger partial charge on any atom is -0.495 e. The Balaban J connectivity index is 2.21. The molecule has 1 amide bonds. The van der Waals surface area contributed by atoms with Gasteiger partial charge in [0.1, 0.15) is 17.4 Å². The van der Waals surface area contributed by atoms with Gasteiger partial charge in [-0.05, 0) is 42.3 Å². The molecule has 6 heteroatoms. The maximum atomic E-state index is 12.5. The normalized spacial score (nSPS) is 10.7. The van der Waals surface area contributed by atoms with Crippen LogP contribution in [0.15, 0.2) is 48.0 Å². The number of para-hydroxylation sites is 2. The molecule has 0 saturated heterocycles. The number of amides is 1. The van der Waals surface area contributed by atoms with Crippen molar-refractivity contribution in [1.82, 2.24) is 0 Å². The average Bonchev–Trinajstić information content (AvgIpc) is 2.73. The maximum Gasteiger partial charge on any atom is 0.266 e. The van der Waals surface area contributed by atoms with Gasteiger partial charge in [0, 0.05) is 0 Å². The summed E-state index contributed by atoms with van der Waals surface area (Å²) in [4.78, 5) is 12.5. The molecule has 0 aliphatic heterocycles. The Labute approximate surface area is 165 Å². The highest BCUT2D eigenvalue weighted by atomic mass is 16.5. The van der Waals surface area contributed by atoms with E-state index < -0.39 is 5.91 Å². The van der Waals surface area contributed by atoms with Gasteiger partial charge in [-0.1, -0.05) is 31.5 Å². The minimum atomic E-state index is -0.519. The molecule has 0 heterocycles. The Kier molecular flexibility index (Phi) is 7.92. The first-order valence-electron chi connectivity index (χ1n) is 9.00. The molecule has 2 rings (SSSR count). The van der Waals surface area contributed by atoms with Crippen LogP contribution in [0.4, 0.5) is 5.69 Å². The van der Waals surface area contributed by atoms with Gasteiger partial charge in [-0.3, -0.25) is 4.79 Å². The van der Waals surface area contributed by atoms with Crippen molar-refractivity contribution in [3.05, 3.63) is 53.6 Å². The molecule has 0 unspecified atom stereocenters. The van der Waals surface area contributed by atoms with Crippen LogP contribution in [-0.2, 0) is 4.79 Å². The van der Waals surface area contributed by atoms with E-state index in [1.165, 1.54) is 13.2 Å². The van der Waals surface area contributed by atoms with Crippen molar-refractivity contribution >= 4 is 17.7 Å². The fourth-order valence-electron chi connectivity index (χ4n) is 2.47. The molecule has 0 aromatic heterocycles. The summed E-state index contributed by atoms with van der Waals surface area (Å²) in [6, 6.07) is 14.2. The third-order valence-corrected chi connectivity index (χ3v) is 3.97. The number of ether oxygens (including phenoxy) is 3. The van der Waals surface area contributed by atoms with E-state index in [4.69, 9.17) is 14.2 Å². The standard InChI is InChI=1S/C22H24N2O4/c1-4-5-12-28-20-11-10-16(14-21(20)27-3)13-17(15-23)22(25)24-18-8-6-7-9-19(18)26-2/h6-11,13-14H,4-5,12H2,1-3H3,(H,24,25)/b17-13+. The Morgan fingerprint density at radius 2 is 1.86 bits per heavy atom. The van der Waals surface area contributed by atoms with Crippen molar-refractivity contribution in [3.8, 4) is 23.3 Å². The summed E-state index contributed by atoms with van der Waals surface area (Å²) in [5.74, 6) is 1.18. The van der Waals surface area contributed by atoms with Gasteiger partial charge in [-0.25, -0.2) is 0 Å².